The van der Waals surface area contributed by atoms with Crippen LogP contribution in [0.3, 0.4) is 0 Å². The monoisotopic (exact) mass is 366 g/mol. The van der Waals surface area contributed by atoms with Crippen LogP contribution in [-0.2, 0) is 0 Å². The Bertz CT molecular complexity index is 540. The van der Waals surface area contributed by atoms with Gasteiger partial charge < -0.3 is 5.32 Å². The molecular formula is C16H19IN2. The smallest absolute Gasteiger partial charge is 0.0595 e. The fourth-order valence-corrected chi connectivity index (χ4v) is 2.73. The molecule has 0 spiro atoms. The van der Waals surface area contributed by atoms with Crippen molar-refractivity contribution >= 4 is 22.6 Å². The first kappa shape index (κ1) is 14.5. The minimum Gasteiger partial charge on any atom is -0.306 e. The molecule has 1 unspecified atom stereocenters. The van der Waals surface area contributed by atoms with Crippen molar-refractivity contribution in [1.29, 1.82) is 0 Å². The highest BCUT2D eigenvalue weighted by atomic mass is 127. The van der Waals surface area contributed by atoms with Crippen molar-refractivity contribution in [2.75, 3.05) is 6.54 Å². The minimum atomic E-state index is 0.225. The third-order valence-corrected chi connectivity index (χ3v) is 3.84. The maximum Gasteiger partial charge on any atom is 0.0595 e. The van der Waals surface area contributed by atoms with E-state index in [0.29, 0.717) is 0 Å². The van der Waals surface area contributed by atoms with Crippen LogP contribution in [0.5, 0.6) is 0 Å². The van der Waals surface area contributed by atoms with Crippen molar-refractivity contribution in [3.63, 3.8) is 0 Å². The molecule has 0 aliphatic heterocycles. The first-order valence-electron chi connectivity index (χ1n) is 6.61. The molecule has 0 saturated heterocycles. The van der Waals surface area contributed by atoms with Gasteiger partial charge in [0, 0.05) is 16.0 Å². The number of nitrogens with zero attached hydrogens (tertiary/aromatic N) is 1. The number of pyridine rings is 1. The largest absolute Gasteiger partial charge is 0.306 e. The van der Waals surface area contributed by atoms with Crippen LogP contribution in [0.1, 0.15) is 36.1 Å². The summed E-state index contributed by atoms with van der Waals surface area (Å²) in [7, 11) is 0. The third-order valence-electron chi connectivity index (χ3n) is 3.17. The number of nitrogens with one attached hydrogen (secondary N) is 1. The first-order valence-corrected chi connectivity index (χ1v) is 7.69. The fourth-order valence-electron chi connectivity index (χ4n) is 2.16. The SMILES string of the molecule is CCCNC(c1cccc(I)c1)c1cnccc1C. The molecular weight excluding hydrogens is 347 g/mol. The van der Waals surface area contributed by atoms with Crippen LogP contribution in [0.25, 0.3) is 0 Å². The molecule has 3 heteroatoms. The highest BCUT2D eigenvalue weighted by Gasteiger charge is 2.15. The number of halogens is 1. The molecule has 0 fully saturated rings. The maximum atomic E-state index is 4.28. The van der Waals surface area contributed by atoms with Gasteiger partial charge in [-0.25, -0.2) is 0 Å². The lowest BCUT2D eigenvalue weighted by molar-refractivity contribution is 0.594. The lowest BCUT2D eigenvalue weighted by Crippen LogP contribution is -2.24. The molecule has 100 valence electrons. The Morgan fingerprint density at radius 3 is 2.84 bits per heavy atom. The van der Waals surface area contributed by atoms with Crippen molar-refractivity contribution in [1.82, 2.24) is 10.3 Å². The molecule has 0 radical (unpaired) electrons. The normalized spacial score (nSPS) is 12.4. The van der Waals surface area contributed by atoms with Gasteiger partial charge in [0.05, 0.1) is 6.04 Å². The van der Waals surface area contributed by atoms with Crippen molar-refractivity contribution in [2.45, 2.75) is 26.3 Å². The Morgan fingerprint density at radius 1 is 1.32 bits per heavy atom. The predicted molar refractivity (Wildman–Crippen MR) is 88.3 cm³/mol. The Labute approximate surface area is 128 Å². The molecule has 1 heterocycles. The molecule has 1 aromatic heterocycles. The van der Waals surface area contributed by atoms with Crippen LogP contribution in [0.15, 0.2) is 42.7 Å². The lowest BCUT2D eigenvalue weighted by Gasteiger charge is -2.21. The molecule has 2 aromatic rings. The summed E-state index contributed by atoms with van der Waals surface area (Å²) >= 11 is 2.36. The summed E-state index contributed by atoms with van der Waals surface area (Å²) in [6.45, 7) is 5.34. The van der Waals surface area contributed by atoms with Crippen LogP contribution in [-0.4, -0.2) is 11.5 Å². The van der Waals surface area contributed by atoms with Gasteiger partial charge in [0.15, 0.2) is 0 Å². The molecule has 19 heavy (non-hydrogen) atoms. The van der Waals surface area contributed by atoms with E-state index in [1.807, 2.05) is 12.4 Å². The van der Waals surface area contributed by atoms with Crippen LogP contribution >= 0.6 is 22.6 Å². The van der Waals surface area contributed by atoms with Crippen LogP contribution in [0.2, 0.25) is 0 Å². The highest BCUT2D eigenvalue weighted by Crippen LogP contribution is 2.25. The zero-order valence-electron chi connectivity index (χ0n) is 11.4. The van der Waals surface area contributed by atoms with Gasteiger partial charge in [-0.1, -0.05) is 19.1 Å². The fraction of sp³-hybridized carbons (Fsp3) is 0.312. The van der Waals surface area contributed by atoms with Crippen LogP contribution < -0.4 is 5.32 Å². The zero-order chi connectivity index (χ0) is 13.7. The van der Waals surface area contributed by atoms with Gasteiger partial charge in [0.1, 0.15) is 0 Å². The summed E-state index contributed by atoms with van der Waals surface area (Å²) in [5, 5.41) is 3.63. The molecule has 1 atom stereocenters. The number of aryl methyl sites for hydroxylation is 1. The van der Waals surface area contributed by atoms with E-state index in [2.05, 4.69) is 77.1 Å². The summed E-state index contributed by atoms with van der Waals surface area (Å²) in [5.41, 5.74) is 3.84. The van der Waals surface area contributed by atoms with Gasteiger partial charge >= 0.3 is 0 Å². The Morgan fingerprint density at radius 2 is 2.16 bits per heavy atom. The first-order chi connectivity index (χ1) is 9.22. The van der Waals surface area contributed by atoms with Gasteiger partial charge in [-0.2, -0.15) is 0 Å². The average Bonchev–Trinajstić information content (AvgIpc) is 2.41. The maximum absolute atomic E-state index is 4.28. The summed E-state index contributed by atoms with van der Waals surface area (Å²) in [4.78, 5) is 4.28. The van der Waals surface area contributed by atoms with E-state index in [1.54, 1.807) is 0 Å². The average molecular weight is 366 g/mol. The third kappa shape index (κ3) is 3.76. The highest BCUT2D eigenvalue weighted by molar-refractivity contribution is 14.1. The Hall–Kier alpha value is -0.940. The van der Waals surface area contributed by atoms with E-state index in [-0.39, 0.29) is 6.04 Å². The molecule has 2 rings (SSSR count). The molecule has 1 N–H and O–H groups in total. The number of hydrogen-bond acceptors (Lipinski definition) is 2. The van der Waals surface area contributed by atoms with Crippen LogP contribution in [0.4, 0.5) is 0 Å². The van der Waals surface area contributed by atoms with Gasteiger partial charge in [-0.05, 0) is 77.4 Å². The minimum absolute atomic E-state index is 0.225. The van der Waals surface area contributed by atoms with E-state index in [1.165, 1.54) is 20.3 Å². The summed E-state index contributed by atoms with van der Waals surface area (Å²) in [6.07, 6.45) is 4.95. The molecule has 1 aromatic carbocycles. The van der Waals surface area contributed by atoms with Gasteiger partial charge in [-0.3, -0.25) is 4.98 Å². The van der Waals surface area contributed by atoms with Crippen molar-refractivity contribution in [3.8, 4) is 0 Å². The van der Waals surface area contributed by atoms with Crippen molar-refractivity contribution < 1.29 is 0 Å². The molecule has 0 aliphatic rings. The van der Waals surface area contributed by atoms with Gasteiger partial charge in [-0.15, -0.1) is 0 Å². The number of aromatic nitrogens is 1. The lowest BCUT2D eigenvalue weighted by atomic mass is 9.96. The second kappa shape index (κ2) is 7.01. The van der Waals surface area contributed by atoms with E-state index in [9.17, 15) is 0 Å². The summed E-state index contributed by atoms with van der Waals surface area (Å²) in [5.74, 6) is 0. The van der Waals surface area contributed by atoms with Gasteiger partial charge in [0.2, 0.25) is 0 Å². The number of benzene rings is 1. The second-order valence-corrected chi connectivity index (χ2v) is 5.92. The number of rotatable bonds is 5. The Balaban J connectivity index is 2.38. The van der Waals surface area contributed by atoms with E-state index in [0.717, 1.165) is 13.0 Å². The van der Waals surface area contributed by atoms with Gasteiger partial charge in [0.25, 0.3) is 0 Å². The molecule has 0 amide bonds. The molecule has 2 nitrogen and oxygen atoms in total. The second-order valence-electron chi connectivity index (χ2n) is 4.67. The van der Waals surface area contributed by atoms with Crippen molar-refractivity contribution in [2.24, 2.45) is 0 Å². The molecule has 0 saturated carbocycles. The predicted octanol–water partition coefficient (Wildman–Crippen LogP) is 4.08. The Kier molecular flexibility index (Phi) is 5.34. The quantitative estimate of drug-likeness (QED) is 0.807. The number of hydrogen-bond donors (Lipinski definition) is 1. The van der Waals surface area contributed by atoms with E-state index >= 15 is 0 Å². The van der Waals surface area contributed by atoms with Crippen molar-refractivity contribution in [3.05, 3.63) is 63.0 Å². The van der Waals surface area contributed by atoms with E-state index < -0.39 is 0 Å². The standard InChI is InChI=1S/C16H19IN2/c1-3-8-19-16(13-5-4-6-14(17)10-13)15-11-18-9-7-12(15)2/h4-7,9-11,16,19H,3,8H2,1-2H3. The zero-order valence-corrected chi connectivity index (χ0v) is 13.5. The van der Waals surface area contributed by atoms with E-state index in [4.69, 9.17) is 0 Å². The summed E-state index contributed by atoms with van der Waals surface area (Å²) < 4.78 is 1.26. The summed E-state index contributed by atoms with van der Waals surface area (Å²) in [6, 6.07) is 11.0. The topological polar surface area (TPSA) is 24.9 Å². The van der Waals surface area contributed by atoms with Crippen LogP contribution in [0, 0.1) is 10.5 Å². The molecule has 0 aliphatic carbocycles. The molecule has 0 bridgehead atoms.